The van der Waals surface area contributed by atoms with Crippen LogP contribution in [0.4, 0.5) is 0 Å². The van der Waals surface area contributed by atoms with E-state index in [1.165, 1.54) is 0 Å². The van der Waals surface area contributed by atoms with E-state index in [1.54, 1.807) is 0 Å². The molecule has 1 fully saturated rings. The molecule has 0 spiro atoms. The lowest BCUT2D eigenvalue weighted by molar-refractivity contribution is -0.134. The fraction of sp³-hybridized carbons (Fsp3) is 0.643. The third kappa shape index (κ3) is 3.35. The first-order chi connectivity index (χ1) is 8.66. The molecule has 0 radical (unpaired) electrons. The number of amides is 1. The molecule has 1 aromatic rings. The first-order valence-electron chi connectivity index (χ1n) is 6.72. The summed E-state index contributed by atoms with van der Waals surface area (Å²) >= 11 is 0. The largest absolute Gasteiger partial charge is 0.466 e. The molecule has 0 saturated carbocycles. The summed E-state index contributed by atoms with van der Waals surface area (Å²) in [6.45, 7) is 6.69. The Balaban J connectivity index is 1.74. The molecule has 1 N–H and O–H groups in total. The van der Waals surface area contributed by atoms with Crippen molar-refractivity contribution in [3.8, 4) is 0 Å². The molecule has 1 aliphatic rings. The van der Waals surface area contributed by atoms with Gasteiger partial charge in [-0.25, -0.2) is 0 Å². The topological polar surface area (TPSA) is 45.5 Å². The predicted molar refractivity (Wildman–Crippen MR) is 70.4 cm³/mol. The van der Waals surface area contributed by atoms with Crippen molar-refractivity contribution in [3.05, 3.63) is 23.7 Å². The van der Waals surface area contributed by atoms with Gasteiger partial charge in [0.05, 0.1) is 0 Å². The number of aryl methyl sites for hydroxylation is 2. The van der Waals surface area contributed by atoms with E-state index in [4.69, 9.17) is 4.42 Å². The third-order valence-electron chi connectivity index (χ3n) is 3.43. The Morgan fingerprint density at radius 2 is 2.39 bits per heavy atom. The van der Waals surface area contributed by atoms with E-state index in [1.807, 2.05) is 24.0 Å². The average molecular weight is 250 g/mol. The van der Waals surface area contributed by atoms with Crippen molar-refractivity contribution in [2.45, 2.75) is 39.2 Å². The van der Waals surface area contributed by atoms with Gasteiger partial charge in [-0.05, 0) is 32.4 Å². The summed E-state index contributed by atoms with van der Waals surface area (Å²) in [5, 5.41) is 3.30. The summed E-state index contributed by atoms with van der Waals surface area (Å²) < 4.78 is 5.50. The van der Waals surface area contributed by atoms with E-state index in [0.29, 0.717) is 12.5 Å². The molecular weight excluding hydrogens is 228 g/mol. The maximum Gasteiger partial charge on any atom is 0.222 e. The molecular formula is C14H22N2O2. The molecule has 1 atom stereocenters. The van der Waals surface area contributed by atoms with Gasteiger partial charge in [0.2, 0.25) is 5.91 Å². The zero-order valence-electron chi connectivity index (χ0n) is 11.2. The molecule has 0 aliphatic carbocycles. The van der Waals surface area contributed by atoms with Gasteiger partial charge in [-0.1, -0.05) is 0 Å². The Morgan fingerprint density at radius 1 is 1.56 bits per heavy atom. The summed E-state index contributed by atoms with van der Waals surface area (Å²) in [6.07, 6.45) is 2.33. The molecule has 2 heterocycles. The van der Waals surface area contributed by atoms with Gasteiger partial charge in [-0.15, -0.1) is 0 Å². The lowest BCUT2D eigenvalue weighted by atomic mass is 10.1. The Kier molecular flexibility index (Phi) is 4.42. The van der Waals surface area contributed by atoms with E-state index in [2.05, 4.69) is 12.2 Å². The normalized spacial score (nSPS) is 20.1. The zero-order chi connectivity index (χ0) is 13.0. The summed E-state index contributed by atoms with van der Waals surface area (Å²) in [4.78, 5) is 14.1. The summed E-state index contributed by atoms with van der Waals surface area (Å²) in [7, 11) is 0. The maximum absolute atomic E-state index is 12.1. The van der Waals surface area contributed by atoms with E-state index in [0.717, 1.165) is 44.0 Å². The number of piperazine rings is 1. The molecule has 100 valence electrons. The van der Waals surface area contributed by atoms with E-state index >= 15 is 0 Å². The van der Waals surface area contributed by atoms with Crippen LogP contribution in [-0.2, 0) is 11.2 Å². The van der Waals surface area contributed by atoms with Crippen molar-refractivity contribution in [2.75, 3.05) is 19.6 Å². The number of hydrogen-bond donors (Lipinski definition) is 1. The quantitative estimate of drug-likeness (QED) is 0.885. The Bertz CT molecular complexity index is 400. The highest BCUT2D eigenvalue weighted by Crippen LogP contribution is 2.12. The Labute approximate surface area is 108 Å². The van der Waals surface area contributed by atoms with E-state index < -0.39 is 0 Å². The minimum atomic E-state index is 0.271. The molecule has 1 amide bonds. The highest BCUT2D eigenvalue weighted by atomic mass is 16.3. The standard InChI is InChI=1S/C14H22N2O2/c1-11-10-15-8-9-16(11)14(17)5-3-4-13-7-6-12(2)18-13/h6-7,11,15H,3-5,8-10H2,1-2H3. The van der Waals surface area contributed by atoms with Crippen molar-refractivity contribution in [2.24, 2.45) is 0 Å². The fourth-order valence-electron chi connectivity index (χ4n) is 2.39. The van der Waals surface area contributed by atoms with Crippen LogP contribution in [0, 0.1) is 6.92 Å². The lowest BCUT2D eigenvalue weighted by Gasteiger charge is -2.34. The second-order valence-corrected chi connectivity index (χ2v) is 5.01. The average Bonchev–Trinajstić information content (AvgIpc) is 2.75. The number of nitrogens with zero attached hydrogens (tertiary/aromatic N) is 1. The van der Waals surface area contributed by atoms with Crippen LogP contribution in [0.3, 0.4) is 0 Å². The van der Waals surface area contributed by atoms with Gasteiger partial charge in [-0.2, -0.15) is 0 Å². The summed E-state index contributed by atoms with van der Waals surface area (Å²) in [6, 6.07) is 4.28. The minimum absolute atomic E-state index is 0.271. The molecule has 2 rings (SSSR count). The summed E-state index contributed by atoms with van der Waals surface area (Å²) in [5.41, 5.74) is 0. The van der Waals surface area contributed by atoms with E-state index in [-0.39, 0.29) is 5.91 Å². The number of furan rings is 1. The number of rotatable bonds is 4. The van der Waals surface area contributed by atoms with Crippen molar-refractivity contribution in [1.82, 2.24) is 10.2 Å². The van der Waals surface area contributed by atoms with Gasteiger partial charge in [0.1, 0.15) is 11.5 Å². The monoisotopic (exact) mass is 250 g/mol. The van der Waals surface area contributed by atoms with Gasteiger partial charge in [0.25, 0.3) is 0 Å². The predicted octanol–water partition coefficient (Wildman–Crippen LogP) is 1.73. The molecule has 0 aromatic carbocycles. The van der Waals surface area contributed by atoms with Crippen LogP contribution in [0.15, 0.2) is 16.5 Å². The van der Waals surface area contributed by atoms with E-state index in [9.17, 15) is 4.79 Å². The first kappa shape index (κ1) is 13.1. The van der Waals surface area contributed by atoms with Crippen molar-refractivity contribution in [1.29, 1.82) is 0 Å². The second kappa shape index (κ2) is 6.05. The van der Waals surface area contributed by atoms with Crippen LogP contribution >= 0.6 is 0 Å². The van der Waals surface area contributed by atoms with Gasteiger partial charge >= 0.3 is 0 Å². The SMILES string of the molecule is Cc1ccc(CCCC(=O)N2CCNCC2C)o1. The number of carbonyl (C=O) groups is 1. The molecule has 18 heavy (non-hydrogen) atoms. The number of hydrogen-bond acceptors (Lipinski definition) is 3. The first-order valence-corrected chi connectivity index (χ1v) is 6.72. The van der Waals surface area contributed by atoms with Crippen LogP contribution in [0.25, 0.3) is 0 Å². The van der Waals surface area contributed by atoms with Crippen molar-refractivity contribution < 1.29 is 9.21 Å². The highest BCUT2D eigenvalue weighted by Gasteiger charge is 2.22. The summed E-state index contributed by atoms with van der Waals surface area (Å²) in [5.74, 6) is 2.19. The zero-order valence-corrected chi connectivity index (χ0v) is 11.2. The molecule has 1 unspecified atom stereocenters. The second-order valence-electron chi connectivity index (χ2n) is 5.01. The van der Waals surface area contributed by atoms with Crippen LogP contribution < -0.4 is 5.32 Å². The Hall–Kier alpha value is -1.29. The molecule has 1 aliphatic heterocycles. The molecule has 1 saturated heterocycles. The Morgan fingerprint density at radius 3 is 3.06 bits per heavy atom. The van der Waals surface area contributed by atoms with Crippen LogP contribution in [0.2, 0.25) is 0 Å². The van der Waals surface area contributed by atoms with Gasteiger partial charge in [0, 0.05) is 38.5 Å². The van der Waals surface area contributed by atoms with Crippen molar-refractivity contribution >= 4 is 5.91 Å². The van der Waals surface area contributed by atoms with Gasteiger partial charge in [0.15, 0.2) is 0 Å². The molecule has 4 nitrogen and oxygen atoms in total. The van der Waals surface area contributed by atoms with Gasteiger partial charge in [-0.3, -0.25) is 4.79 Å². The van der Waals surface area contributed by atoms with Crippen LogP contribution in [0.1, 0.15) is 31.3 Å². The van der Waals surface area contributed by atoms with Crippen LogP contribution in [-0.4, -0.2) is 36.5 Å². The van der Waals surface area contributed by atoms with Crippen molar-refractivity contribution in [3.63, 3.8) is 0 Å². The minimum Gasteiger partial charge on any atom is -0.466 e. The fourth-order valence-corrected chi connectivity index (χ4v) is 2.39. The number of carbonyl (C=O) groups excluding carboxylic acids is 1. The molecule has 4 heteroatoms. The number of nitrogens with one attached hydrogen (secondary N) is 1. The lowest BCUT2D eigenvalue weighted by Crippen LogP contribution is -2.52. The van der Waals surface area contributed by atoms with Crippen LogP contribution in [0.5, 0.6) is 0 Å². The molecule has 1 aromatic heterocycles. The highest BCUT2D eigenvalue weighted by molar-refractivity contribution is 5.76. The molecule has 0 bridgehead atoms. The smallest absolute Gasteiger partial charge is 0.222 e. The third-order valence-corrected chi connectivity index (χ3v) is 3.43. The maximum atomic E-state index is 12.1. The van der Waals surface area contributed by atoms with Gasteiger partial charge < -0.3 is 14.6 Å².